The van der Waals surface area contributed by atoms with Crippen LogP contribution in [0.5, 0.6) is 0 Å². The maximum absolute atomic E-state index is 11.8. The van der Waals surface area contributed by atoms with E-state index in [1.54, 1.807) is 31.2 Å². The molecule has 0 aliphatic rings. The molecule has 2 aromatic heterocycles. The zero-order valence-corrected chi connectivity index (χ0v) is 11.7. The van der Waals surface area contributed by atoms with Crippen molar-refractivity contribution < 1.29 is 14.3 Å². The second-order valence-corrected chi connectivity index (χ2v) is 4.31. The highest BCUT2D eigenvalue weighted by Gasteiger charge is 2.18. The molecule has 2 rings (SSSR count). The molecule has 0 saturated carbocycles. The minimum absolute atomic E-state index is 0.198. The lowest BCUT2D eigenvalue weighted by atomic mass is 10.3. The summed E-state index contributed by atoms with van der Waals surface area (Å²) in [6.45, 7) is 2.83. The lowest BCUT2D eigenvalue weighted by Gasteiger charge is -2.05. The number of carbonyl (C=O) groups is 1. The Hall–Kier alpha value is -2.22. The number of aryl methyl sites for hydroxylation is 1. The van der Waals surface area contributed by atoms with Crippen LogP contribution in [0.2, 0.25) is 0 Å². The summed E-state index contributed by atoms with van der Waals surface area (Å²) in [5.74, 6) is -0.490. The summed E-state index contributed by atoms with van der Waals surface area (Å²) in [6.07, 6.45) is 3.46. The first-order valence-electron chi connectivity index (χ1n) is 6.14. The summed E-state index contributed by atoms with van der Waals surface area (Å²) >= 11 is 0. The van der Waals surface area contributed by atoms with E-state index in [0.29, 0.717) is 18.8 Å². The number of carbonyl (C=O) groups excluding carboxylic acids is 1. The molecule has 0 aliphatic heterocycles. The number of hydrogen-bond acceptors (Lipinski definition) is 6. The van der Waals surface area contributed by atoms with Crippen LogP contribution in [0.4, 0.5) is 0 Å². The van der Waals surface area contributed by atoms with Gasteiger partial charge in [0.15, 0.2) is 5.69 Å². The van der Waals surface area contributed by atoms with E-state index in [1.807, 2.05) is 11.6 Å². The Morgan fingerprint density at radius 2 is 2.20 bits per heavy atom. The average molecular weight is 279 g/mol. The summed E-state index contributed by atoms with van der Waals surface area (Å²) < 4.78 is 13.4. The third-order valence-corrected chi connectivity index (χ3v) is 2.92. The number of aromatic nitrogens is 5. The van der Waals surface area contributed by atoms with Crippen LogP contribution in [-0.2, 0) is 23.1 Å². The molecule has 0 radical (unpaired) electrons. The van der Waals surface area contributed by atoms with Crippen LogP contribution in [0.1, 0.15) is 21.9 Å². The van der Waals surface area contributed by atoms with E-state index in [9.17, 15) is 4.79 Å². The van der Waals surface area contributed by atoms with Gasteiger partial charge in [-0.1, -0.05) is 5.21 Å². The van der Waals surface area contributed by atoms with Crippen molar-refractivity contribution in [3.63, 3.8) is 0 Å². The normalized spacial score (nSPS) is 10.8. The Kier molecular flexibility index (Phi) is 4.46. The van der Waals surface area contributed by atoms with E-state index in [0.717, 1.165) is 5.69 Å². The number of esters is 1. The van der Waals surface area contributed by atoms with E-state index in [2.05, 4.69) is 15.3 Å². The number of rotatable bonds is 6. The van der Waals surface area contributed by atoms with Crippen molar-refractivity contribution in [2.45, 2.75) is 13.5 Å². The molecular formula is C12H17N5O3. The topological polar surface area (TPSA) is 84.1 Å². The van der Waals surface area contributed by atoms with Crippen LogP contribution in [0.3, 0.4) is 0 Å². The van der Waals surface area contributed by atoms with E-state index in [4.69, 9.17) is 9.47 Å². The van der Waals surface area contributed by atoms with Crippen LogP contribution >= 0.6 is 0 Å². The quantitative estimate of drug-likeness (QED) is 0.553. The second-order valence-electron chi connectivity index (χ2n) is 4.31. The molecule has 8 heteroatoms. The predicted molar refractivity (Wildman–Crippen MR) is 69.2 cm³/mol. The van der Waals surface area contributed by atoms with Gasteiger partial charge in [-0.05, 0) is 6.92 Å². The molecule has 0 bridgehead atoms. The van der Waals surface area contributed by atoms with Gasteiger partial charge in [0.05, 0.1) is 37.1 Å². The van der Waals surface area contributed by atoms with Gasteiger partial charge in [-0.15, -0.1) is 5.10 Å². The standard InChI is InChI=1S/C12H17N5O3/c1-9-11(12(18)20-5-4-19-3)14-15-17(9)7-10-6-13-8-16(10)2/h6,8H,4-5,7H2,1-3H3. The van der Waals surface area contributed by atoms with Crippen molar-refractivity contribution in [3.05, 3.63) is 29.6 Å². The molecular weight excluding hydrogens is 262 g/mol. The summed E-state index contributed by atoms with van der Waals surface area (Å²) in [5.41, 5.74) is 1.86. The number of ether oxygens (including phenoxy) is 2. The second kappa shape index (κ2) is 6.29. The minimum atomic E-state index is -0.490. The summed E-state index contributed by atoms with van der Waals surface area (Å²) in [6, 6.07) is 0. The lowest BCUT2D eigenvalue weighted by Crippen LogP contribution is -2.12. The third-order valence-electron chi connectivity index (χ3n) is 2.92. The van der Waals surface area contributed by atoms with Gasteiger partial charge in [0, 0.05) is 14.2 Å². The fourth-order valence-corrected chi connectivity index (χ4v) is 1.68. The zero-order valence-electron chi connectivity index (χ0n) is 11.7. The van der Waals surface area contributed by atoms with Crippen molar-refractivity contribution in [3.8, 4) is 0 Å². The third kappa shape index (κ3) is 3.02. The summed E-state index contributed by atoms with van der Waals surface area (Å²) in [4.78, 5) is 15.8. The SMILES string of the molecule is COCCOC(=O)c1nnn(Cc2cncn2C)c1C. The largest absolute Gasteiger partial charge is 0.458 e. The van der Waals surface area contributed by atoms with Crippen LogP contribution in [0.25, 0.3) is 0 Å². The van der Waals surface area contributed by atoms with Gasteiger partial charge in [0.1, 0.15) is 6.61 Å². The highest BCUT2D eigenvalue weighted by molar-refractivity contribution is 5.88. The molecule has 0 aliphatic carbocycles. The van der Waals surface area contributed by atoms with Crippen LogP contribution in [-0.4, -0.2) is 50.8 Å². The first-order valence-corrected chi connectivity index (χ1v) is 6.14. The Morgan fingerprint density at radius 1 is 1.40 bits per heavy atom. The fourth-order valence-electron chi connectivity index (χ4n) is 1.68. The highest BCUT2D eigenvalue weighted by Crippen LogP contribution is 2.08. The Bertz CT molecular complexity index is 590. The van der Waals surface area contributed by atoms with E-state index in [1.165, 1.54) is 0 Å². The van der Waals surface area contributed by atoms with Crippen LogP contribution in [0.15, 0.2) is 12.5 Å². The molecule has 108 valence electrons. The molecule has 0 spiro atoms. The maximum atomic E-state index is 11.8. The van der Waals surface area contributed by atoms with Gasteiger partial charge >= 0.3 is 5.97 Å². The molecule has 2 aromatic rings. The van der Waals surface area contributed by atoms with Crippen molar-refractivity contribution >= 4 is 5.97 Å². The van der Waals surface area contributed by atoms with Crippen LogP contribution in [0, 0.1) is 6.92 Å². The van der Waals surface area contributed by atoms with E-state index in [-0.39, 0.29) is 12.3 Å². The van der Waals surface area contributed by atoms with Gasteiger partial charge in [-0.3, -0.25) is 0 Å². The van der Waals surface area contributed by atoms with Crippen molar-refractivity contribution in [2.24, 2.45) is 7.05 Å². The number of methoxy groups -OCH3 is 1. The minimum Gasteiger partial charge on any atom is -0.458 e. The molecule has 0 aromatic carbocycles. The zero-order chi connectivity index (χ0) is 14.5. The summed E-state index contributed by atoms with van der Waals surface area (Å²) in [5, 5.41) is 7.85. The fraction of sp³-hybridized carbons (Fsp3) is 0.500. The van der Waals surface area contributed by atoms with Gasteiger partial charge < -0.3 is 14.0 Å². The van der Waals surface area contributed by atoms with Crippen LogP contribution < -0.4 is 0 Å². The number of imidazole rings is 1. The first kappa shape index (κ1) is 14.2. The molecule has 0 N–H and O–H groups in total. The lowest BCUT2D eigenvalue weighted by molar-refractivity contribution is 0.0380. The van der Waals surface area contributed by atoms with Crippen molar-refractivity contribution in [1.29, 1.82) is 0 Å². The molecule has 0 atom stereocenters. The predicted octanol–water partition coefficient (Wildman–Crippen LogP) is 0.172. The van der Waals surface area contributed by atoms with Gasteiger partial charge in [-0.2, -0.15) is 0 Å². The Balaban J connectivity index is 2.07. The Morgan fingerprint density at radius 3 is 2.85 bits per heavy atom. The average Bonchev–Trinajstić information content (AvgIpc) is 2.98. The molecule has 0 amide bonds. The van der Waals surface area contributed by atoms with E-state index < -0.39 is 5.97 Å². The van der Waals surface area contributed by atoms with Crippen molar-refractivity contribution in [2.75, 3.05) is 20.3 Å². The maximum Gasteiger partial charge on any atom is 0.360 e. The molecule has 20 heavy (non-hydrogen) atoms. The van der Waals surface area contributed by atoms with E-state index >= 15 is 0 Å². The first-order chi connectivity index (χ1) is 9.63. The van der Waals surface area contributed by atoms with Crippen molar-refractivity contribution in [1.82, 2.24) is 24.5 Å². The number of nitrogens with zero attached hydrogens (tertiary/aromatic N) is 5. The number of hydrogen-bond donors (Lipinski definition) is 0. The monoisotopic (exact) mass is 279 g/mol. The van der Waals surface area contributed by atoms with Gasteiger partial charge in [-0.25, -0.2) is 14.5 Å². The molecule has 8 nitrogen and oxygen atoms in total. The molecule has 0 fully saturated rings. The van der Waals surface area contributed by atoms with Gasteiger partial charge in [0.2, 0.25) is 0 Å². The van der Waals surface area contributed by atoms with Gasteiger partial charge in [0.25, 0.3) is 0 Å². The highest BCUT2D eigenvalue weighted by atomic mass is 16.6. The summed E-state index contributed by atoms with van der Waals surface area (Å²) in [7, 11) is 3.44. The Labute approximate surface area is 116 Å². The molecule has 0 unspecified atom stereocenters. The molecule has 2 heterocycles. The smallest absolute Gasteiger partial charge is 0.360 e. The molecule has 0 saturated heterocycles.